The Labute approximate surface area is 99.7 Å². The second-order valence-corrected chi connectivity index (χ2v) is 3.57. The fourth-order valence-corrected chi connectivity index (χ4v) is 1.54. The van der Waals surface area contributed by atoms with Gasteiger partial charge < -0.3 is 10.5 Å². The number of aryl methyl sites for hydroxylation is 1. The molecule has 2 aromatic heterocycles. The van der Waals surface area contributed by atoms with Gasteiger partial charge in [0.15, 0.2) is 0 Å². The summed E-state index contributed by atoms with van der Waals surface area (Å²) in [6.45, 7) is 4.34. The molecule has 2 aromatic rings. The molecule has 17 heavy (non-hydrogen) atoms. The number of ether oxygens (including phenoxy) is 1. The van der Waals surface area contributed by atoms with Crippen LogP contribution < -0.4 is 10.5 Å². The Morgan fingerprint density at radius 3 is 2.76 bits per heavy atom. The zero-order chi connectivity index (χ0) is 12.3. The minimum absolute atomic E-state index is 0.453. The summed E-state index contributed by atoms with van der Waals surface area (Å²) in [7, 11) is 0. The lowest BCUT2D eigenvalue weighted by Gasteiger charge is -2.06. The maximum atomic E-state index is 5.69. The summed E-state index contributed by atoms with van der Waals surface area (Å²) in [6, 6.07) is 3.61. The summed E-state index contributed by atoms with van der Waals surface area (Å²) in [5.74, 6) is 1.82. The molecule has 0 saturated heterocycles. The first-order valence-electron chi connectivity index (χ1n) is 5.38. The van der Waals surface area contributed by atoms with Crippen LogP contribution in [0.25, 0.3) is 11.3 Å². The van der Waals surface area contributed by atoms with E-state index in [2.05, 4.69) is 15.0 Å². The lowest BCUT2D eigenvalue weighted by atomic mass is 10.2. The monoisotopic (exact) mass is 230 g/mol. The normalized spacial score (nSPS) is 10.2. The van der Waals surface area contributed by atoms with Crippen molar-refractivity contribution in [2.75, 3.05) is 12.3 Å². The predicted molar refractivity (Wildman–Crippen MR) is 65.6 cm³/mol. The number of nitrogens with zero attached hydrogens (tertiary/aromatic N) is 3. The summed E-state index contributed by atoms with van der Waals surface area (Å²) < 4.78 is 5.39. The molecule has 88 valence electrons. The molecule has 2 N–H and O–H groups in total. The minimum atomic E-state index is 0.453. The van der Waals surface area contributed by atoms with Gasteiger partial charge in [0.1, 0.15) is 17.4 Å². The molecule has 2 rings (SSSR count). The topological polar surface area (TPSA) is 73.9 Å². The summed E-state index contributed by atoms with van der Waals surface area (Å²) in [5, 5.41) is 0. The van der Waals surface area contributed by atoms with Gasteiger partial charge in [-0.05, 0) is 19.9 Å². The summed E-state index contributed by atoms with van der Waals surface area (Å²) in [5.41, 5.74) is 7.31. The van der Waals surface area contributed by atoms with Gasteiger partial charge in [-0.3, -0.25) is 4.98 Å². The Kier molecular flexibility index (Phi) is 3.18. The van der Waals surface area contributed by atoms with Crippen LogP contribution in [0, 0.1) is 6.92 Å². The molecule has 0 aliphatic rings. The maximum absolute atomic E-state index is 5.69. The second-order valence-electron chi connectivity index (χ2n) is 3.57. The van der Waals surface area contributed by atoms with Crippen LogP contribution >= 0.6 is 0 Å². The van der Waals surface area contributed by atoms with Crippen LogP contribution in [0.1, 0.15) is 12.7 Å². The van der Waals surface area contributed by atoms with E-state index in [9.17, 15) is 0 Å². The van der Waals surface area contributed by atoms with Crippen molar-refractivity contribution in [2.24, 2.45) is 0 Å². The zero-order valence-corrected chi connectivity index (χ0v) is 9.84. The van der Waals surface area contributed by atoms with Crippen LogP contribution in [0.4, 0.5) is 5.82 Å². The molecule has 0 aliphatic carbocycles. The molecule has 0 atom stereocenters. The number of rotatable bonds is 3. The third-order valence-corrected chi connectivity index (χ3v) is 2.18. The molecule has 5 heteroatoms. The molecule has 0 unspecified atom stereocenters. The molecule has 0 aliphatic heterocycles. The van der Waals surface area contributed by atoms with Crippen molar-refractivity contribution < 1.29 is 4.74 Å². The van der Waals surface area contributed by atoms with Crippen molar-refractivity contribution >= 4 is 5.82 Å². The van der Waals surface area contributed by atoms with Crippen molar-refractivity contribution in [3.05, 3.63) is 30.4 Å². The van der Waals surface area contributed by atoms with E-state index in [0.29, 0.717) is 18.2 Å². The Hall–Kier alpha value is -2.17. The highest BCUT2D eigenvalue weighted by molar-refractivity contribution is 5.62. The number of pyridine rings is 1. The summed E-state index contributed by atoms with van der Waals surface area (Å²) in [6.07, 6.45) is 3.40. The van der Waals surface area contributed by atoms with Gasteiger partial charge in [-0.15, -0.1) is 0 Å². The quantitative estimate of drug-likeness (QED) is 0.870. The van der Waals surface area contributed by atoms with Gasteiger partial charge in [-0.25, -0.2) is 9.97 Å². The van der Waals surface area contributed by atoms with E-state index >= 15 is 0 Å². The van der Waals surface area contributed by atoms with Crippen LogP contribution in [0.5, 0.6) is 5.75 Å². The van der Waals surface area contributed by atoms with Crippen LogP contribution in [0.15, 0.2) is 24.5 Å². The van der Waals surface area contributed by atoms with E-state index in [0.717, 1.165) is 17.0 Å². The Morgan fingerprint density at radius 1 is 1.24 bits per heavy atom. The fourth-order valence-electron chi connectivity index (χ4n) is 1.54. The van der Waals surface area contributed by atoms with E-state index in [-0.39, 0.29) is 0 Å². The minimum Gasteiger partial charge on any atom is -0.492 e. The number of nitrogen functional groups attached to an aromatic ring is 1. The first kappa shape index (κ1) is 11.3. The van der Waals surface area contributed by atoms with Gasteiger partial charge in [-0.2, -0.15) is 0 Å². The molecule has 0 amide bonds. The van der Waals surface area contributed by atoms with Crippen LogP contribution in [0.3, 0.4) is 0 Å². The Bertz CT molecular complexity index is 507. The SMILES string of the molecule is CCOc1cncc(-c2cc(N)nc(C)n2)c1. The van der Waals surface area contributed by atoms with E-state index in [4.69, 9.17) is 10.5 Å². The summed E-state index contributed by atoms with van der Waals surface area (Å²) >= 11 is 0. The average molecular weight is 230 g/mol. The average Bonchev–Trinajstić information content (AvgIpc) is 2.28. The number of nitrogens with two attached hydrogens (primary N) is 1. The standard InChI is InChI=1S/C12H14N4O/c1-3-17-10-4-9(6-14-7-10)11-5-12(13)16-8(2)15-11/h4-7H,3H2,1-2H3,(H2,13,15,16). The highest BCUT2D eigenvalue weighted by Gasteiger charge is 2.04. The molecular weight excluding hydrogens is 216 g/mol. The van der Waals surface area contributed by atoms with E-state index in [1.165, 1.54) is 0 Å². The maximum Gasteiger partial charge on any atom is 0.138 e. The molecule has 0 aromatic carbocycles. The smallest absolute Gasteiger partial charge is 0.138 e. The molecule has 5 nitrogen and oxygen atoms in total. The van der Waals surface area contributed by atoms with Crippen molar-refractivity contribution in [3.8, 4) is 17.0 Å². The highest BCUT2D eigenvalue weighted by Crippen LogP contribution is 2.21. The second kappa shape index (κ2) is 4.78. The Balaban J connectivity index is 2.41. The van der Waals surface area contributed by atoms with Gasteiger partial charge in [0.2, 0.25) is 0 Å². The van der Waals surface area contributed by atoms with E-state index in [1.54, 1.807) is 25.4 Å². The van der Waals surface area contributed by atoms with Crippen LogP contribution in [-0.4, -0.2) is 21.6 Å². The molecule has 0 saturated carbocycles. The van der Waals surface area contributed by atoms with Gasteiger partial charge in [0, 0.05) is 17.8 Å². The van der Waals surface area contributed by atoms with E-state index < -0.39 is 0 Å². The Morgan fingerprint density at radius 2 is 2.06 bits per heavy atom. The number of anilines is 1. The zero-order valence-electron chi connectivity index (χ0n) is 9.84. The third-order valence-electron chi connectivity index (χ3n) is 2.18. The van der Waals surface area contributed by atoms with Crippen molar-refractivity contribution in [1.29, 1.82) is 0 Å². The lowest BCUT2D eigenvalue weighted by molar-refractivity contribution is 0.339. The van der Waals surface area contributed by atoms with Gasteiger partial charge >= 0.3 is 0 Å². The van der Waals surface area contributed by atoms with Gasteiger partial charge in [0.05, 0.1) is 18.5 Å². The third kappa shape index (κ3) is 2.69. The fraction of sp³-hybridized carbons (Fsp3) is 0.250. The highest BCUT2D eigenvalue weighted by atomic mass is 16.5. The first-order chi connectivity index (χ1) is 8.19. The largest absolute Gasteiger partial charge is 0.492 e. The lowest BCUT2D eigenvalue weighted by Crippen LogP contribution is -1.98. The number of hydrogen-bond acceptors (Lipinski definition) is 5. The van der Waals surface area contributed by atoms with Crippen molar-refractivity contribution in [1.82, 2.24) is 15.0 Å². The predicted octanol–water partition coefficient (Wildman–Crippen LogP) is 1.83. The molecule has 0 bridgehead atoms. The van der Waals surface area contributed by atoms with Crippen molar-refractivity contribution in [2.45, 2.75) is 13.8 Å². The van der Waals surface area contributed by atoms with Gasteiger partial charge in [0.25, 0.3) is 0 Å². The molecule has 0 spiro atoms. The number of hydrogen-bond donors (Lipinski definition) is 1. The molecule has 0 fully saturated rings. The molecule has 0 radical (unpaired) electrons. The van der Waals surface area contributed by atoms with E-state index in [1.807, 2.05) is 13.0 Å². The summed E-state index contributed by atoms with van der Waals surface area (Å²) in [4.78, 5) is 12.5. The van der Waals surface area contributed by atoms with Crippen LogP contribution in [0.2, 0.25) is 0 Å². The number of aromatic nitrogens is 3. The van der Waals surface area contributed by atoms with Gasteiger partial charge in [-0.1, -0.05) is 0 Å². The molecule has 2 heterocycles. The van der Waals surface area contributed by atoms with Crippen LogP contribution in [-0.2, 0) is 0 Å². The first-order valence-corrected chi connectivity index (χ1v) is 5.38. The van der Waals surface area contributed by atoms with Crippen molar-refractivity contribution in [3.63, 3.8) is 0 Å². The molecular formula is C12H14N4O.